The Balaban J connectivity index is 2.20. The first-order chi connectivity index (χ1) is 10.5. The lowest BCUT2D eigenvalue weighted by molar-refractivity contribution is -0.387. The molecular formula is C14H13N3O4S. The highest BCUT2D eigenvalue weighted by molar-refractivity contribution is 7.98. The molecule has 1 N–H and O–H groups in total. The van der Waals surface area contributed by atoms with Crippen LogP contribution in [0.25, 0.3) is 0 Å². The zero-order valence-electron chi connectivity index (χ0n) is 11.9. The zero-order chi connectivity index (χ0) is 16.1. The molecule has 2 rings (SSSR count). The summed E-state index contributed by atoms with van der Waals surface area (Å²) in [6.07, 6.45) is 3.18. The second kappa shape index (κ2) is 6.90. The normalized spacial score (nSPS) is 10.1. The van der Waals surface area contributed by atoms with E-state index in [-0.39, 0.29) is 17.3 Å². The van der Waals surface area contributed by atoms with Gasteiger partial charge in [0.1, 0.15) is 17.2 Å². The van der Waals surface area contributed by atoms with Crippen molar-refractivity contribution in [2.75, 3.05) is 13.3 Å². The molecule has 0 atom stereocenters. The summed E-state index contributed by atoms with van der Waals surface area (Å²) in [7, 11) is 1.52. The first-order valence-electron chi connectivity index (χ1n) is 6.23. The summed E-state index contributed by atoms with van der Waals surface area (Å²) in [6, 6.07) is 7.65. The number of nitrogens with one attached hydrogen (secondary N) is 1. The Morgan fingerprint density at radius 2 is 2.05 bits per heavy atom. The second-order valence-electron chi connectivity index (χ2n) is 4.15. The number of ether oxygens (including phenoxy) is 1. The van der Waals surface area contributed by atoms with Crippen LogP contribution in [-0.2, 0) is 0 Å². The van der Waals surface area contributed by atoms with Crippen LogP contribution in [0.4, 0.5) is 5.69 Å². The number of carbonyl (C=O) groups excluding carboxylic acids is 1. The van der Waals surface area contributed by atoms with Gasteiger partial charge in [-0.05, 0) is 24.5 Å². The number of pyridine rings is 1. The molecule has 114 valence electrons. The third-order valence-corrected chi connectivity index (χ3v) is 3.55. The van der Waals surface area contributed by atoms with E-state index in [0.717, 1.165) is 0 Å². The van der Waals surface area contributed by atoms with Gasteiger partial charge in [-0.3, -0.25) is 14.9 Å². The quantitative estimate of drug-likeness (QED) is 0.517. The monoisotopic (exact) mass is 319 g/mol. The molecule has 1 aromatic carbocycles. The highest BCUT2D eigenvalue weighted by Gasteiger charge is 2.14. The van der Waals surface area contributed by atoms with Gasteiger partial charge in [0.05, 0.1) is 16.0 Å². The summed E-state index contributed by atoms with van der Waals surface area (Å²) >= 11 is 1.27. The lowest BCUT2D eigenvalue weighted by Gasteiger charge is -2.07. The minimum absolute atomic E-state index is 0.0351. The number of carbonyl (C=O) groups is 1. The Bertz CT molecular complexity index is 704. The number of hydrogen-bond donors (Lipinski definition) is 1. The molecule has 0 saturated heterocycles. The number of nitro benzene ring substituents is 1. The highest BCUT2D eigenvalue weighted by Crippen LogP contribution is 2.32. The topological polar surface area (TPSA) is 94.4 Å². The van der Waals surface area contributed by atoms with Crippen molar-refractivity contribution in [3.63, 3.8) is 0 Å². The number of hydrogen-bond acceptors (Lipinski definition) is 6. The predicted molar refractivity (Wildman–Crippen MR) is 82.6 cm³/mol. The molecular weight excluding hydrogens is 306 g/mol. The molecule has 0 aliphatic carbocycles. The van der Waals surface area contributed by atoms with Crippen molar-refractivity contribution in [1.29, 1.82) is 0 Å². The smallest absolute Gasteiger partial charge is 0.283 e. The zero-order valence-corrected chi connectivity index (χ0v) is 12.7. The van der Waals surface area contributed by atoms with Crippen LogP contribution in [0.1, 0.15) is 10.5 Å². The van der Waals surface area contributed by atoms with Crippen LogP contribution in [0.3, 0.4) is 0 Å². The highest BCUT2D eigenvalue weighted by atomic mass is 32.2. The molecule has 7 nitrogen and oxygen atoms in total. The van der Waals surface area contributed by atoms with E-state index in [0.29, 0.717) is 16.4 Å². The standard InChI is InChI=1S/C14H13N3O4S/c1-15-14(18)11-5-3-10(8-16-11)21-9-4-6-12(17(19)20)13(7-9)22-2/h3-8H,1-2H3,(H,15,18). The SMILES string of the molecule is CNC(=O)c1ccc(Oc2ccc([N+](=O)[O-])c(SC)c2)cn1. The summed E-state index contributed by atoms with van der Waals surface area (Å²) in [6.45, 7) is 0. The van der Waals surface area contributed by atoms with Gasteiger partial charge < -0.3 is 10.1 Å². The van der Waals surface area contributed by atoms with Crippen LogP contribution in [0.2, 0.25) is 0 Å². The minimum Gasteiger partial charge on any atom is -0.456 e. The van der Waals surface area contributed by atoms with E-state index in [1.54, 1.807) is 18.4 Å². The molecule has 0 spiro atoms. The van der Waals surface area contributed by atoms with E-state index in [9.17, 15) is 14.9 Å². The molecule has 1 heterocycles. The molecule has 2 aromatic rings. The van der Waals surface area contributed by atoms with E-state index < -0.39 is 4.92 Å². The molecule has 0 aliphatic rings. The van der Waals surface area contributed by atoms with Crippen molar-refractivity contribution in [3.05, 3.63) is 52.3 Å². The third kappa shape index (κ3) is 3.53. The van der Waals surface area contributed by atoms with Crippen molar-refractivity contribution >= 4 is 23.4 Å². The molecule has 0 saturated carbocycles. The third-order valence-electron chi connectivity index (χ3n) is 2.78. The van der Waals surface area contributed by atoms with Crippen LogP contribution in [0.5, 0.6) is 11.5 Å². The van der Waals surface area contributed by atoms with Crippen molar-refractivity contribution in [2.45, 2.75) is 4.90 Å². The Morgan fingerprint density at radius 3 is 2.59 bits per heavy atom. The number of nitrogens with zero attached hydrogens (tertiary/aromatic N) is 2. The largest absolute Gasteiger partial charge is 0.456 e. The molecule has 0 aliphatic heterocycles. The van der Waals surface area contributed by atoms with E-state index in [2.05, 4.69) is 10.3 Å². The van der Waals surface area contributed by atoms with Gasteiger partial charge in [-0.2, -0.15) is 0 Å². The average molecular weight is 319 g/mol. The number of amides is 1. The molecule has 0 bridgehead atoms. The molecule has 0 unspecified atom stereocenters. The van der Waals surface area contributed by atoms with Crippen LogP contribution in [-0.4, -0.2) is 29.1 Å². The molecule has 1 amide bonds. The average Bonchev–Trinajstić information content (AvgIpc) is 2.54. The predicted octanol–water partition coefficient (Wildman–Crippen LogP) is 2.86. The van der Waals surface area contributed by atoms with Gasteiger partial charge in [-0.15, -0.1) is 11.8 Å². The van der Waals surface area contributed by atoms with Gasteiger partial charge in [0.15, 0.2) is 0 Å². The van der Waals surface area contributed by atoms with Gasteiger partial charge in [0.2, 0.25) is 0 Å². The van der Waals surface area contributed by atoms with E-state index in [4.69, 9.17) is 4.74 Å². The maximum absolute atomic E-state index is 11.4. The fraction of sp³-hybridized carbons (Fsp3) is 0.143. The van der Waals surface area contributed by atoms with Crippen molar-refractivity contribution in [2.24, 2.45) is 0 Å². The van der Waals surface area contributed by atoms with Gasteiger partial charge in [-0.25, -0.2) is 4.98 Å². The van der Waals surface area contributed by atoms with E-state index in [1.807, 2.05) is 0 Å². The van der Waals surface area contributed by atoms with Gasteiger partial charge in [0, 0.05) is 19.2 Å². The second-order valence-corrected chi connectivity index (χ2v) is 5.00. The van der Waals surface area contributed by atoms with Crippen LogP contribution < -0.4 is 10.1 Å². The summed E-state index contributed by atoms with van der Waals surface area (Å²) in [5.41, 5.74) is 0.316. The van der Waals surface area contributed by atoms with Crippen molar-refractivity contribution < 1.29 is 14.5 Å². The Kier molecular flexibility index (Phi) is 4.95. The molecule has 8 heteroatoms. The number of benzene rings is 1. The van der Waals surface area contributed by atoms with E-state index in [1.165, 1.54) is 43.2 Å². The minimum atomic E-state index is -0.435. The number of thioether (sulfide) groups is 1. The maximum atomic E-state index is 11.4. The summed E-state index contributed by atoms with van der Waals surface area (Å²) in [5.74, 6) is 0.615. The fourth-order valence-corrected chi connectivity index (χ4v) is 2.30. The molecule has 0 fully saturated rings. The Labute approximate surface area is 130 Å². The summed E-state index contributed by atoms with van der Waals surface area (Å²) in [5, 5.41) is 13.4. The Hall–Kier alpha value is -2.61. The first-order valence-corrected chi connectivity index (χ1v) is 7.46. The maximum Gasteiger partial charge on any atom is 0.283 e. The molecule has 1 aromatic heterocycles. The number of aromatic nitrogens is 1. The lowest BCUT2D eigenvalue weighted by atomic mass is 10.3. The number of rotatable bonds is 5. The fourth-order valence-electron chi connectivity index (χ4n) is 1.71. The van der Waals surface area contributed by atoms with E-state index >= 15 is 0 Å². The van der Waals surface area contributed by atoms with Crippen molar-refractivity contribution in [1.82, 2.24) is 10.3 Å². The van der Waals surface area contributed by atoms with Crippen LogP contribution >= 0.6 is 11.8 Å². The van der Waals surface area contributed by atoms with Crippen LogP contribution in [0, 0.1) is 10.1 Å². The van der Waals surface area contributed by atoms with Crippen LogP contribution in [0.15, 0.2) is 41.4 Å². The summed E-state index contributed by atoms with van der Waals surface area (Å²) < 4.78 is 5.59. The van der Waals surface area contributed by atoms with Gasteiger partial charge >= 0.3 is 0 Å². The van der Waals surface area contributed by atoms with Gasteiger partial charge in [-0.1, -0.05) is 0 Å². The lowest BCUT2D eigenvalue weighted by Crippen LogP contribution is -2.18. The molecule has 22 heavy (non-hydrogen) atoms. The molecule has 0 radical (unpaired) electrons. The number of nitro groups is 1. The first kappa shape index (κ1) is 15.8. The van der Waals surface area contributed by atoms with Gasteiger partial charge in [0.25, 0.3) is 11.6 Å². The van der Waals surface area contributed by atoms with Crippen molar-refractivity contribution in [3.8, 4) is 11.5 Å². The Morgan fingerprint density at radius 1 is 1.32 bits per heavy atom. The summed E-state index contributed by atoms with van der Waals surface area (Å²) in [4.78, 5) is 26.3.